The first-order valence-corrected chi connectivity index (χ1v) is 9.68. The van der Waals surface area contributed by atoms with E-state index in [4.69, 9.17) is 16.3 Å². The Morgan fingerprint density at radius 1 is 1.42 bits per heavy atom. The summed E-state index contributed by atoms with van der Waals surface area (Å²) in [6.07, 6.45) is 5.56. The topological polar surface area (TPSA) is 143 Å². The minimum absolute atomic E-state index is 0.0324. The van der Waals surface area contributed by atoms with Gasteiger partial charge in [0.2, 0.25) is 10.0 Å². The molecule has 6 N–H and O–H groups in total. The largest absolute Gasteiger partial charge is 0.506 e. The van der Waals surface area contributed by atoms with E-state index in [2.05, 4.69) is 36.9 Å². The predicted molar refractivity (Wildman–Crippen MR) is 101 cm³/mol. The number of hydrogen-bond acceptors (Lipinski definition) is 5. The molecule has 2 rings (SSSR count). The number of allylic oxidation sites excluding steroid dienone is 2. The Hall–Kier alpha value is -1.49. The van der Waals surface area contributed by atoms with Crippen LogP contribution in [-0.2, 0) is 10.0 Å². The highest BCUT2D eigenvalue weighted by Gasteiger charge is 2.43. The lowest BCUT2D eigenvalue weighted by Gasteiger charge is -2.27. The summed E-state index contributed by atoms with van der Waals surface area (Å²) in [6, 6.07) is 3.38. The van der Waals surface area contributed by atoms with Crippen molar-refractivity contribution in [1.29, 1.82) is 5.41 Å². The quantitative estimate of drug-likeness (QED) is 0.389. The summed E-state index contributed by atoms with van der Waals surface area (Å²) in [7, 11) is -4.08. The number of nitrogens with zero attached hydrogens (tertiary/aromatic N) is 1. The Kier molecular flexibility index (Phi) is 5.33. The molecule has 0 saturated heterocycles. The fourth-order valence-corrected chi connectivity index (χ4v) is 4.24. The molecule has 24 heavy (non-hydrogen) atoms. The van der Waals surface area contributed by atoms with Gasteiger partial charge in [-0.15, -0.1) is 0 Å². The van der Waals surface area contributed by atoms with Crippen LogP contribution in [0.1, 0.15) is 12.0 Å². The van der Waals surface area contributed by atoms with Gasteiger partial charge in [0.15, 0.2) is 4.75 Å². The van der Waals surface area contributed by atoms with Gasteiger partial charge in [-0.2, -0.15) is 0 Å². The standard InChI is InChI=1S/C14H14Br2N4O3S/c15-9-5-8(12(21)11(16)6-9)7-20-10-1-3-14(4-2-10,13(17)18)24(19,22)23/h1-3,5-7,21H,4H2,(H3,17,18)(H2,19,22,23). The molecule has 0 spiro atoms. The second kappa shape index (κ2) is 6.79. The van der Waals surface area contributed by atoms with Crippen molar-refractivity contribution in [2.75, 3.05) is 0 Å². The Labute approximate surface area is 156 Å². The summed E-state index contributed by atoms with van der Waals surface area (Å²) >= 11 is 6.54. The van der Waals surface area contributed by atoms with E-state index in [0.717, 1.165) is 4.47 Å². The number of phenols is 1. The van der Waals surface area contributed by atoms with Gasteiger partial charge in [-0.3, -0.25) is 10.4 Å². The van der Waals surface area contributed by atoms with Gasteiger partial charge in [0, 0.05) is 16.3 Å². The molecule has 128 valence electrons. The first kappa shape index (κ1) is 18.8. The fraction of sp³-hybridized carbons (Fsp3) is 0.143. The number of aromatic hydroxyl groups is 1. The zero-order valence-corrected chi connectivity index (χ0v) is 16.2. The van der Waals surface area contributed by atoms with Crippen LogP contribution in [0.3, 0.4) is 0 Å². The smallest absolute Gasteiger partial charge is 0.226 e. The lowest BCUT2D eigenvalue weighted by Crippen LogP contribution is -2.52. The second-order valence-electron chi connectivity index (χ2n) is 5.10. The lowest BCUT2D eigenvalue weighted by molar-refractivity contribution is 0.471. The molecule has 10 heteroatoms. The van der Waals surface area contributed by atoms with Crippen LogP contribution in [0.2, 0.25) is 0 Å². The minimum atomic E-state index is -4.08. The summed E-state index contributed by atoms with van der Waals surface area (Å²) in [5.41, 5.74) is 6.35. The van der Waals surface area contributed by atoms with Crippen molar-refractivity contribution in [3.63, 3.8) is 0 Å². The fourth-order valence-electron chi connectivity index (χ4n) is 2.10. The van der Waals surface area contributed by atoms with Gasteiger partial charge in [-0.25, -0.2) is 13.6 Å². The number of primary sulfonamides is 1. The van der Waals surface area contributed by atoms with Gasteiger partial charge in [-0.05, 0) is 40.6 Å². The van der Waals surface area contributed by atoms with E-state index in [1.54, 1.807) is 12.1 Å². The molecule has 0 bridgehead atoms. The molecule has 0 amide bonds. The molecule has 0 radical (unpaired) electrons. The molecule has 1 aliphatic rings. The van der Waals surface area contributed by atoms with E-state index >= 15 is 0 Å². The number of nitrogens with one attached hydrogen (secondary N) is 1. The highest BCUT2D eigenvalue weighted by molar-refractivity contribution is 9.11. The molecule has 7 nitrogen and oxygen atoms in total. The van der Waals surface area contributed by atoms with Gasteiger partial charge in [0.05, 0.1) is 10.2 Å². The number of benzene rings is 1. The monoisotopic (exact) mass is 476 g/mol. The summed E-state index contributed by atoms with van der Waals surface area (Å²) in [5, 5.41) is 22.7. The Morgan fingerprint density at radius 2 is 2.08 bits per heavy atom. The number of sulfonamides is 1. The van der Waals surface area contributed by atoms with Crippen molar-refractivity contribution in [1.82, 2.24) is 0 Å². The number of rotatable bonds is 4. The van der Waals surface area contributed by atoms with Gasteiger partial charge in [0.1, 0.15) is 11.6 Å². The van der Waals surface area contributed by atoms with Gasteiger partial charge >= 0.3 is 0 Å². The number of phenolic OH excluding ortho intramolecular Hbond substituents is 1. The van der Waals surface area contributed by atoms with E-state index in [1.165, 1.54) is 24.4 Å². The van der Waals surface area contributed by atoms with E-state index in [9.17, 15) is 13.5 Å². The zero-order chi connectivity index (χ0) is 18.1. The van der Waals surface area contributed by atoms with Crippen LogP contribution < -0.4 is 10.9 Å². The molecule has 1 aliphatic carbocycles. The SMILES string of the molecule is N=C(N)C1(S(N)(=O)=O)C=CC(N=Cc2cc(Br)cc(Br)c2O)=CC1. The van der Waals surface area contributed by atoms with Crippen LogP contribution in [-0.4, -0.2) is 30.3 Å². The van der Waals surface area contributed by atoms with Crippen molar-refractivity contribution in [2.45, 2.75) is 11.2 Å². The van der Waals surface area contributed by atoms with Crippen molar-refractivity contribution in [2.24, 2.45) is 15.9 Å². The Morgan fingerprint density at radius 3 is 2.58 bits per heavy atom. The second-order valence-corrected chi connectivity index (χ2v) is 8.69. The predicted octanol–water partition coefficient (Wildman–Crippen LogP) is 2.14. The number of amidine groups is 1. The van der Waals surface area contributed by atoms with Gasteiger partial charge in [0.25, 0.3) is 0 Å². The zero-order valence-electron chi connectivity index (χ0n) is 12.2. The van der Waals surface area contributed by atoms with Gasteiger partial charge in [-0.1, -0.05) is 28.1 Å². The van der Waals surface area contributed by atoms with E-state index in [0.29, 0.717) is 15.7 Å². The number of nitrogens with two attached hydrogens (primary N) is 2. The van der Waals surface area contributed by atoms with Crippen LogP contribution in [0.25, 0.3) is 0 Å². The van der Waals surface area contributed by atoms with E-state index in [-0.39, 0.29) is 12.2 Å². The number of hydrogen-bond donors (Lipinski definition) is 4. The summed E-state index contributed by atoms with van der Waals surface area (Å²) < 4.78 is 23.0. The third-order valence-electron chi connectivity index (χ3n) is 3.51. The van der Waals surface area contributed by atoms with E-state index < -0.39 is 20.6 Å². The Bertz CT molecular complexity index is 894. The molecule has 0 fully saturated rings. The molecule has 1 aromatic carbocycles. The summed E-state index contributed by atoms with van der Waals surface area (Å²) in [5.74, 6) is -0.515. The van der Waals surface area contributed by atoms with Crippen LogP contribution >= 0.6 is 31.9 Å². The minimum Gasteiger partial charge on any atom is -0.506 e. The molecule has 0 heterocycles. The maximum Gasteiger partial charge on any atom is 0.226 e. The highest BCUT2D eigenvalue weighted by Crippen LogP contribution is 2.31. The number of aliphatic imine (C=N–C) groups is 1. The Balaban J connectivity index is 2.30. The molecule has 0 saturated carbocycles. The average molecular weight is 478 g/mol. The molecular weight excluding hydrogens is 464 g/mol. The van der Waals surface area contributed by atoms with Crippen molar-refractivity contribution in [3.8, 4) is 5.75 Å². The first-order valence-electron chi connectivity index (χ1n) is 6.55. The van der Waals surface area contributed by atoms with Crippen molar-refractivity contribution >= 4 is 53.9 Å². The van der Waals surface area contributed by atoms with Crippen LogP contribution in [0.5, 0.6) is 5.75 Å². The van der Waals surface area contributed by atoms with Crippen LogP contribution in [0.15, 0.2) is 50.0 Å². The highest BCUT2D eigenvalue weighted by atomic mass is 79.9. The van der Waals surface area contributed by atoms with Gasteiger partial charge < -0.3 is 10.8 Å². The molecule has 0 aliphatic heterocycles. The molecule has 1 aromatic rings. The third kappa shape index (κ3) is 3.61. The first-order chi connectivity index (χ1) is 11.1. The molecule has 1 atom stereocenters. The average Bonchev–Trinajstić information content (AvgIpc) is 2.48. The van der Waals surface area contributed by atoms with Crippen molar-refractivity contribution < 1.29 is 13.5 Å². The van der Waals surface area contributed by atoms with E-state index in [1.807, 2.05) is 0 Å². The van der Waals surface area contributed by atoms with Crippen LogP contribution in [0.4, 0.5) is 0 Å². The molecular formula is C14H14Br2N4O3S. The third-order valence-corrected chi connectivity index (χ3v) is 6.11. The normalized spacial score (nSPS) is 21.0. The lowest BCUT2D eigenvalue weighted by atomic mass is 9.97. The maximum atomic E-state index is 11.7. The summed E-state index contributed by atoms with van der Waals surface area (Å²) in [6.45, 7) is 0. The molecule has 0 aromatic heterocycles. The summed E-state index contributed by atoms with van der Waals surface area (Å²) in [4.78, 5) is 4.20. The van der Waals surface area contributed by atoms with Crippen molar-refractivity contribution in [3.05, 3.63) is 50.6 Å². The molecule has 1 unspecified atom stereocenters. The maximum absolute atomic E-state index is 11.7. The number of halogens is 2. The van der Waals surface area contributed by atoms with Crippen LogP contribution in [0, 0.1) is 5.41 Å².